The summed E-state index contributed by atoms with van der Waals surface area (Å²) in [5.74, 6) is 1.20. The second kappa shape index (κ2) is 11.7. The van der Waals surface area contributed by atoms with Crippen molar-refractivity contribution in [3.63, 3.8) is 0 Å². The van der Waals surface area contributed by atoms with Gasteiger partial charge in [-0.2, -0.15) is 0 Å². The lowest BCUT2D eigenvalue weighted by Gasteiger charge is -2.31. The third-order valence-electron chi connectivity index (χ3n) is 4.18. The monoisotopic (exact) mass is 460 g/mol. The normalized spacial score (nSPS) is 18.9. The molecule has 1 fully saturated rings. The molecule has 0 radical (unpaired) electrons. The van der Waals surface area contributed by atoms with Crippen LogP contribution in [0, 0.1) is 5.92 Å². The average Bonchev–Trinajstić information content (AvgIpc) is 2.53. The molecule has 0 bridgehead atoms. The minimum absolute atomic E-state index is 0. The van der Waals surface area contributed by atoms with Crippen molar-refractivity contribution in [3.8, 4) is 0 Å². The maximum atomic E-state index is 5.93. The molecule has 0 aromatic heterocycles. The van der Waals surface area contributed by atoms with Crippen molar-refractivity contribution in [1.82, 2.24) is 10.2 Å². The third kappa shape index (κ3) is 8.87. The van der Waals surface area contributed by atoms with Gasteiger partial charge >= 0.3 is 0 Å². The highest BCUT2D eigenvalue weighted by Gasteiger charge is 2.16. The molecule has 1 aromatic rings. The van der Waals surface area contributed by atoms with E-state index in [1.54, 1.807) is 0 Å². The van der Waals surface area contributed by atoms with E-state index in [0.717, 1.165) is 39.2 Å². The Morgan fingerprint density at radius 1 is 1.40 bits per heavy atom. The van der Waals surface area contributed by atoms with Crippen LogP contribution < -0.4 is 11.1 Å². The third-order valence-corrected chi connectivity index (χ3v) is 4.18. The SMILES string of the molecule is CC(C)CCNC(N)=NCc1cccc(CN2CCOC(C)C2)c1.I. The van der Waals surface area contributed by atoms with Crippen LogP contribution in [0.1, 0.15) is 38.3 Å². The predicted molar refractivity (Wildman–Crippen MR) is 115 cm³/mol. The highest BCUT2D eigenvalue weighted by molar-refractivity contribution is 14.0. The molecule has 0 spiro atoms. The van der Waals surface area contributed by atoms with Crippen molar-refractivity contribution >= 4 is 29.9 Å². The standard InChI is InChI=1S/C19H32N4O.HI/c1-15(2)7-8-21-19(20)22-12-17-5-4-6-18(11-17)14-23-9-10-24-16(3)13-23;/h4-6,11,15-16H,7-10,12-14H2,1-3H3,(H3,20,21,22);1H. The zero-order valence-electron chi connectivity index (χ0n) is 15.7. The number of aliphatic imine (C=N–C) groups is 1. The number of guanidine groups is 1. The molecule has 2 rings (SSSR count). The number of halogens is 1. The number of nitrogens with zero attached hydrogens (tertiary/aromatic N) is 2. The van der Waals surface area contributed by atoms with Gasteiger partial charge in [0.2, 0.25) is 0 Å². The predicted octanol–water partition coefficient (Wildman–Crippen LogP) is 2.98. The van der Waals surface area contributed by atoms with Crippen molar-refractivity contribution in [2.45, 2.75) is 46.4 Å². The molecule has 5 nitrogen and oxygen atoms in total. The van der Waals surface area contributed by atoms with Gasteiger partial charge in [-0.15, -0.1) is 24.0 Å². The van der Waals surface area contributed by atoms with Crippen LogP contribution in [0.5, 0.6) is 0 Å². The number of hydrogen-bond donors (Lipinski definition) is 2. The molecule has 1 heterocycles. The Labute approximate surface area is 169 Å². The molecule has 0 aliphatic carbocycles. The quantitative estimate of drug-likeness (QED) is 0.373. The lowest BCUT2D eigenvalue weighted by Crippen LogP contribution is -2.40. The van der Waals surface area contributed by atoms with E-state index in [9.17, 15) is 0 Å². The van der Waals surface area contributed by atoms with E-state index in [1.165, 1.54) is 11.1 Å². The molecular weight excluding hydrogens is 427 g/mol. The fraction of sp³-hybridized carbons (Fsp3) is 0.632. The van der Waals surface area contributed by atoms with Gasteiger partial charge < -0.3 is 15.8 Å². The van der Waals surface area contributed by atoms with Gasteiger partial charge in [-0.25, -0.2) is 4.99 Å². The summed E-state index contributed by atoms with van der Waals surface area (Å²) in [7, 11) is 0. The van der Waals surface area contributed by atoms with Gasteiger partial charge in [0.15, 0.2) is 5.96 Å². The maximum Gasteiger partial charge on any atom is 0.188 e. The molecule has 142 valence electrons. The number of nitrogens with one attached hydrogen (secondary N) is 1. The lowest BCUT2D eigenvalue weighted by atomic mass is 10.1. The number of morpholine rings is 1. The van der Waals surface area contributed by atoms with Crippen LogP contribution >= 0.6 is 24.0 Å². The smallest absolute Gasteiger partial charge is 0.188 e. The molecule has 1 unspecified atom stereocenters. The summed E-state index contributed by atoms with van der Waals surface area (Å²) in [6.07, 6.45) is 1.42. The Morgan fingerprint density at radius 2 is 2.16 bits per heavy atom. The van der Waals surface area contributed by atoms with Crippen molar-refractivity contribution in [3.05, 3.63) is 35.4 Å². The van der Waals surface area contributed by atoms with Crippen LogP contribution in [0.4, 0.5) is 0 Å². The highest BCUT2D eigenvalue weighted by Crippen LogP contribution is 2.12. The second-order valence-corrected chi connectivity index (χ2v) is 7.05. The van der Waals surface area contributed by atoms with Crippen molar-refractivity contribution in [2.75, 3.05) is 26.2 Å². The van der Waals surface area contributed by atoms with Crippen molar-refractivity contribution < 1.29 is 4.74 Å². The number of nitrogens with two attached hydrogens (primary N) is 1. The van der Waals surface area contributed by atoms with Crippen LogP contribution in [-0.4, -0.2) is 43.2 Å². The summed E-state index contributed by atoms with van der Waals surface area (Å²) in [5, 5.41) is 3.18. The Balaban J connectivity index is 0.00000312. The number of rotatable bonds is 7. The van der Waals surface area contributed by atoms with Crippen LogP contribution in [0.15, 0.2) is 29.3 Å². The Bertz CT molecular complexity index is 536. The first-order valence-corrected chi connectivity index (χ1v) is 8.98. The van der Waals surface area contributed by atoms with E-state index >= 15 is 0 Å². The zero-order chi connectivity index (χ0) is 17.4. The van der Waals surface area contributed by atoms with Gasteiger partial charge in [-0.05, 0) is 30.4 Å². The van der Waals surface area contributed by atoms with E-state index in [2.05, 4.69) is 60.2 Å². The summed E-state index contributed by atoms with van der Waals surface area (Å²) in [4.78, 5) is 6.88. The Hall–Kier alpha value is -0.860. The topological polar surface area (TPSA) is 62.9 Å². The number of hydrogen-bond acceptors (Lipinski definition) is 3. The van der Waals surface area contributed by atoms with Gasteiger partial charge in [-0.1, -0.05) is 38.1 Å². The van der Waals surface area contributed by atoms with Crippen LogP contribution in [0.3, 0.4) is 0 Å². The highest BCUT2D eigenvalue weighted by atomic mass is 127. The molecule has 6 heteroatoms. The fourth-order valence-corrected chi connectivity index (χ4v) is 2.84. The summed E-state index contributed by atoms with van der Waals surface area (Å²) in [5.41, 5.74) is 8.45. The zero-order valence-corrected chi connectivity index (χ0v) is 18.0. The van der Waals surface area contributed by atoms with E-state index in [4.69, 9.17) is 10.5 Å². The molecule has 1 atom stereocenters. The lowest BCUT2D eigenvalue weighted by molar-refractivity contribution is -0.0212. The minimum atomic E-state index is 0. The number of benzene rings is 1. The molecule has 1 aliphatic heterocycles. The molecule has 1 aliphatic rings. The van der Waals surface area contributed by atoms with Crippen LogP contribution in [0.2, 0.25) is 0 Å². The van der Waals surface area contributed by atoms with Crippen molar-refractivity contribution in [1.29, 1.82) is 0 Å². The van der Waals surface area contributed by atoms with Crippen LogP contribution in [0.25, 0.3) is 0 Å². The molecule has 0 saturated carbocycles. The molecule has 3 N–H and O–H groups in total. The van der Waals surface area contributed by atoms with Crippen LogP contribution in [-0.2, 0) is 17.8 Å². The molecule has 1 aromatic carbocycles. The summed E-state index contributed by atoms with van der Waals surface area (Å²) < 4.78 is 5.60. The van der Waals surface area contributed by atoms with E-state index in [1.807, 2.05) is 0 Å². The maximum absolute atomic E-state index is 5.93. The largest absolute Gasteiger partial charge is 0.376 e. The van der Waals surface area contributed by atoms with Gasteiger partial charge in [0, 0.05) is 26.2 Å². The molecule has 1 saturated heterocycles. The summed E-state index contributed by atoms with van der Waals surface area (Å²) >= 11 is 0. The van der Waals surface area contributed by atoms with Crippen molar-refractivity contribution in [2.24, 2.45) is 16.6 Å². The molecular formula is C19H33IN4O. The average molecular weight is 460 g/mol. The molecule has 0 amide bonds. The van der Waals surface area contributed by atoms with E-state index < -0.39 is 0 Å². The van der Waals surface area contributed by atoms with Gasteiger partial charge in [0.1, 0.15) is 0 Å². The first-order chi connectivity index (χ1) is 11.5. The van der Waals surface area contributed by atoms with Gasteiger partial charge in [0.25, 0.3) is 0 Å². The number of ether oxygens (including phenoxy) is 1. The first kappa shape index (κ1) is 22.2. The summed E-state index contributed by atoms with van der Waals surface area (Å²) in [6, 6.07) is 8.62. The van der Waals surface area contributed by atoms with Gasteiger partial charge in [0.05, 0.1) is 19.3 Å². The Morgan fingerprint density at radius 3 is 2.88 bits per heavy atom. The first-order valence-electron chi connectivity index (χ1n) is 8.98. The fourth-order valence-electron chi connectivity index (χ4n) is 2.84. The second-order valence-electron chi connectivity index (χ2n) is 7.05. The molecule has 25 heavy (non-hydrogen) atoms. The van der Waals surface area contributed by atoms with E-state index in [0.29, 0.717) is 24.5 Å². The van der Waals surface area contributed by atoms with Gasteiger partial charge in [-0.3, -0.25) is 4.90 Å². The Kier molecular flexibility index (Phi) is 10.4. The summed E-state index contributed by atoms with van der Waals surface area (Å²) in [6.45, 7) is 11.8. The van der Waals surface area contributed by atoms with E-state index in [-0.39, 0.29) is 24.0 Å². The minimum Gasteiger partial charge on any atom is -0.376 e.